The van der Waals surface area contributed by atoms with Crippen molar-refractivity contribution in [1.29, 1.82) is 0 Å². The lowest BCUT2D eigenvalue weighted by Crippen LogP contribution is -2.40. The standard InChI is InChI=1S/C16H24FN3O2/c1-20(14-6-3-2-5-13(14)17)10-4-9-18-15(22)19-11-16(12-21)7-8-16/h2-3,5-6,21H,4,7-12H2,1H3,(H2,18,19,22). The minimum atomic E-state index is -0.241. The Morgan fingerprint density at radius 1 is 1.36 bits per heavy atom. The van der Waals surface area contributed by atoms with Crippen molar-refractivity contribution in [3.8, 4) is 0 Å². The van der Waals surface area contributed by atoms with Gasteiger partial charge in [0.1, 0.15) is 5.82 Å². The van der Waals surface area contributed by atoms with Gasteiger partial charge in [0.15, 0.2) is 0 Å². The van der Waals surface area contributed by atoms with Crippen LogP contribution in [0.5, 0.6) is 0 Å². The molecule has 0 aromatic heterocycles. The van der Waals surface area contributed by atoms with Crippen LogP contribution in [-0.2, 0) is 0 Å². The van der Waals surface area contributed by atoms with Gasteiger partial charge in [-0.05, 0) is 31.4 Å². The summed E-state index contributed by atoms with van der Waals surface area (Å²) in [6, 6.07) is 6.42. The largest absolute Gasteiger partial charge is 0.396 e. The van der Waals surface area contributed by atoms with Crippen molar-refractivity contribution < 1.29 is 14.3 Å². The van der Waals surface area contributed by atoms with Gasteiger partial charge in [0, 0.05) is 32.1 Å². The summed E-state index contributed by atoms with van der Waals surface area (Å²) >= 11 is 0. The van der Waals surface area contributed by atoms with Gasteiger partial charge in [-0.15, -0.1) is 0 Å². The van der Waals surface area contributed by atoms with E-state index in [1.54, 1.807) is 18.2 Å². The van der Waals surface area contributed by atoms with Crippen LogP contribution in [0.25, 0.3) is 0 Å². The molecular formula is C16H24FN3O2. The number of urea groups is 1. The number of halogens is 1. The summed E-state index contributed by atoms with van der Waals surface area (Å²) in [4.78, 5) is 13.5. The van der Waals surface area contributed by atoms with Gasteiger partial charge in [-0.1, -0.05) is 12.1 Å². The maximum atomic E-state index is 13.6. The molecule has 1 aromatic rings. The number of nitrogens with zero attached hydrogens (tertiary/aromatic N) is 1. The van der Waals surface area contributed by atoms with Gasteiger partial charge in [0.05, 0.1) is 12.3 Å². The smallest absolute Gasteiger partial charge is 0.314 e. The van der Waals surface area contributed by atoms with Crippen LogP contribution in [0, 0.1) is 11.2 Å². The van der Waals surface area contributed by atoms with Crippen LogP contribution in [0.15, 0.2) is 24.3 Å². The minimum Gasteiger partial charge on any atom is -0.396 e. The Morgan fingerprint density at radius 3 is 2.73 bits per heavy atom. The minimum absolute atomic E-state index is 0.0810. The number of hydrogen-bond acceptors (Lipinski definition) is 3. The molecular weight excluding hydrogens is 285 g/mol. The summed E-state index contributed by atoms with van der Waals surface area (Å²) in [5, 5.41) is 14.7. The summed E-state index contributed by atoms with van der Waals surface area (Å²) in [5.41, 5.74) is 0.480. The number of rotatable bonds is 8. The zero-order valence-corrected chi connectivity index (χ0v) is 12.9. The number of aliphatic hydroxyl groups is 1. The molecule has 1 aliphatic rings. The molecule has 1 saturated carbocycles. The number of aliphatic hydroxyl groups excluding tert-OH is 1. The zero-order chi connectivity index (χ0) is 16.0. The number of para-hydroxylation sites is 1. The topological polar surface area (TPSA) is 64.6 Å². The fourth-order valence-corrected chi connectivity index (χ4v) is 2.30. The number of amides is 2. The Hall–Kier alpha value is -1.82. The highest BCUT2D eigenvalue weighted by molar-refractivity contribution is 5.73. The highest BCUT2D eigenvalue weighted by atomic mass is 19.1. The first-order valence-corrected chi connectivity index (χ1v) is 7.65. The predicted molar refractivity (Wildman–Crippen MR) is 84.4 cm³/mol. The molecule has 0 aliphatic heterocycles. The van der Waals surface area contributed by atoms with Gasteiger partial charge in [0.2, 0.25) is 0 Å². The molecule has 5 nitrogen and oxygen atoms in total. The number of nitrogens with one attached hydrogen (secondary N) is 2. The summed E-state index contributed by atoms with van der Waals surface area (Å²) in [7, 11) is 1.83. The number of carbonyl (C=O) groups is 1. The number of hydrogen-bond donors (Lipinski definition) is 3. The van der Waals surface area contributed by atoms with Crippen molar-refractivity contribution in [2.45, 2.75) is 19.3 Å². The first-order valence-electron chi connectivity index (χ1n) is 7.65. The molecule has 1 aromatic carbocycles. The van der Waals surface area contributed by atoms with Gasteiger partial charge in [-0.2, -0.15) is 0 Å². The molecule has 3 N–H and O–H groups in total. The van der Waals surface area contributed by atoms with Crippen LogP contribution in [0.4, 0.5) is 14.9 Å². The summed E-state index contributed by atoms with van der Waals surface area (Å²) in [6.07, 6.45) is 2.66. The lowest BCUT2D eigenvalue weighted by atomic mass is 10.1. The van der Waals surface area contributed by atoms with Crippen LogP contribution < -0.4 is 15.5 Å². The summed E-state index contributed by atoms with van der Waals surface area (Å²) < 4.78 is 13.6. The highest BCUT2D eigenvalue weighted by Gasteiger charge is 2.42. The van der Waals surface area contributed by atoms with E-state index in [1.807, 2.05) is 11.9 Å². The van der Waals surface area contributed by atoms with E-state index in [9.17, 15) is 9.18 Å². The summed E-state index contributed by atoms with van der Waals surface area (Å²) in [6.45, 7) is 1.82. The summed E-state index contributed by atoms with van der Waals surface area (Å²) in [5.74, 6) is -0.241. The third kappa shape index (κ3) is 4.59. The molecule has 2 rings (SSSR count). The Labute approximate surface area is 130 Å². The number of benzene rings is 1. The Bertz CT molecular complexity index is 506. The lowest BCUT2D eigenvalue weighted by molar-refractivity contribution is 0.203. The second kappa shape index (κ2) is 7.45. The van der Waals surface area contributed by atoms with Gasteiger partial charge in [-0.3, -0.25) is 0 Å². The maximum Gasteiger partial charge on any atom is 0.314 e. The molecule has 0 unspecified atom stereocenters. The maximum absolute atomic E-state index is 13.6. The predicted octanol–water partition coefficient (Wildman–Crippen LogP) is 1.72. The van der Waals surface area contributed by atoms with Crippen molar-refractivity contribution in [3.05, 3.63) is 30.1 Å². The Kier molecular flexibility index (Phi) is 5.60. The number of anilines is 1. The lowest BCUT2D eigenvalue weighted by Gasteiger charge is -2.20. The van der Waals surface area contributed by atoms with Crippen molar-refractivity contribution in [1.82, 2.24) is 10.6 Å². The third-order valence-electron chi connectivity index (χ3n) is 4.14. The quantitative estimate of drug-likeness (QED) is 0.641. The second-order valence-corrected chi connectivity index (χ2v) is 5.99. The molecule has 0 spiro atoms. The van der Waals surface area contributed by atoms with E-state index in [4.69, 9.17) is 5.11 Å². The van der Waals surface area contributed by atoms with E-state index < -0.39 is 0 Å². The van der Waals surface area contributed by atoms with E-state index in [2.05, 4.69) is 10.6 Å². The van der Waals surface area contributed by atoms with E-state index in [-0.39, 0.29) is 23.9 Å². The van der Waals surface area contributed by atoms with Crippen molar-refractivity contribution in [2.75, 3.05) is 38.2 Å². The van der Waals surface area contributed by atoms with Gasteiger partial charge in [0.25, 0.3) is 0 Å². The van der Waals surface area contributed by atoms with E-state index >= 15 is 0 Å². The third-order valence-corrected chi connectivity index (χ3v) is 4.14. The first kappa shape index (κ1) is 16.5. The monoisotopic (exact) mass is 309 g/mol. The average Bonchev–Trinajstić information content (AvgIpc) is 3.30. The van der Waals surface area contributed by atoms with Crippen LogP contribution in [0.1, 0.15) is 19.3 Å². The van der Waals surface area contributed by atoms with Crippen LogP contribution in [-0.4, -0.2) is 44.4 Å². The zero-order valence-electron chi connectivity index (χ0n) is 12.9. The fourth-order valence-electron chi connectivity index (χ4n) is 2.30. The fraction of sp³-hybridized carbons (Fsp3) is 0.562. The molecule has 1 aliphatic carbocycles. The van der Waals surface area contributed by atoms with Gasteiger partial charge in [-0.25, -0.2) is 9.18 Å². The molecule has 0 radical (unpaired) electrons. The van der Waals surface area contributed by atoms with Crippen LogP contribution in [0.3, 0.4) is 0 Å². The Balaban J connectivity index is 1.60. The molecule has 0 saturated heterocycles. The van der Waals surface area contributed by atoms with Crippen molar-refractivity contribution in [2.24, 2.45) is 5.41 Å². The molecule has 1 fully saturated rings. The highest BCUT2D eigenvalue weighted by Crippen LogP contribution is 2.44. The van der Waals surface area contributed by atoms with Crippen molar-refractivity contribution >= 4 is 11.7 Å². The molecule has 6 heteroatoms. The number of carbonyl (C=O) groups excluding carboxylic acids is 1. The van der Waals surface area contributed by atoms with Crippen molar-refractivity contribution in [3.63, 3.8) is 0 Å². The van der Waals surface area contributed by atoms with Crippen LogP contribution in [0.2, 0.25) is 0 Å². The van der Waals surface area contributed by atoms with Gasteiger partial charge >= 0.3 is 6.03 Å². The molecule has 0 atom stereocenters. The first-order chi connectivity index (χ1) is 10.6. The normalized spacial score (nSPS) is 15.2. The molecule has 122 valence electrons. The van der Waals surface area contributed by atoms with Crippen LogP contribution >= 0.6 is 0 Å². The van der Waals surface area contributed by atoms with E-state index in [0.29, 0.717) is 25.3 Å². The molecule has 2 amide bonds. The Morgan fingerprint density at radius 2 is 2.09 bits per heavy atom. The SMILES string of the molecule is CN(CCCNC(=O)NCC1(CO)CC1)c1ccccc1F. The molecule has 0 bridgehead atoms. The van der Waals surface area contributed by atoms with E-state index in [1.165, 1.54) is 6.07 Å². The second-order valence-electron chi connectivity index (χ2n) is 5.99. The average molecular weight is 309 g/mol. The van der Waals surface area contributed by atoms with E-state index in [0.717, 1.165) is 19.3 Å². The molecule has 0 heterocycles. The molecule has 22 heavy (non-hydrogen) atoms. The van der Waals surface area contributed by atoms with Gasteiger partial charge < -0.3 is 20.6 Å².